The number of nitrogens with zero attached hydrogens (tertiary/aromatic N) is 2. The van der Waals surface area contributed by atoms with Gasteiger partial charge >= 0.3 is 0 Å². The Balaban J connectivity index is 1.91. The number of nitrogens with one attached hydrogen (secondary N) is 1. The van der Waals surface area contributed by atoms with Crippen molar-refractivity contribution < 1.29 is 19.7 Å². The summed E-state index contributed by atoms with van der Waals surface area (Å²) in [5.41, 5.74) is 6.39. The first-order chi connectivity index (χ1) is 12.9. The summed E-state index contributed by atoms with van der Waals surface area (Å²) >= 11 is 6.18. The quantitative estimate of drug-likeness (QED) is 0.487. The first-order valence-electron chi connectivity index (χ1n) is 8.40. The zero-order chi connectivity index (χ0) is 19.6. The predicted octanol–water partition coefficient (Wildman–Crippen LogP) is 1.54. The average molecular weight is 395 g/mol. The Morgan fingerprint density at radius 3 is 2.63 bits per heavy atom. The van der Waals surface area contributed by atoms with Crippen LogP contribution in [0.4, 0.5) is 16.2 Å². The van der Waals surface area contributed by atoms with Gasteiger partial charge in [0, 0.05) is 18.1 Å². The van der Waals surface area contributed by atoms with Gasteiger partial charge in [0.15, 0.2) is 0 Å². The molecule has 3 rings (SSSR count). The molecule has 1 saturated carbocycles. The van der Waals surface area contributed by atoms with Crippen LogP contribution in [0.3, 0.4) is 0 Å². The van der Waals surface area contributed by atoms with Crippen LogP contribution in [0.15, 0.2) is 24.3 Å². The molecule has 1 heterocycles. The molecule has 144 valence electrons. The molecular weight excluding hydrogens is 375 g/mol. The fourth-order valence-electron chi connectivity index (χ4n) is 3.12. The lowest BCUT2D eigenvalue weighted by atomic mass is 10.1. The van der Waals surface area contributed by atoms with Crippen LogP contribution in [-0.4, -0.2) is 50.1 Å². The SMILES string of the molecule is Nc1nc(Cl)c(C=Cc2ccccc2F)c(N[C@@H]2C[C@H](CO)[C@@H](O)[C@H]2O)n1. The molecule has 6 N–H and O–H groups in total. The minimum Gasteiger partial charge on any atom is -0.396 e. The fraction of sp³-hybridized carbons (Fsp3) is 0.333. The molecule has 0 spiro atoms. The van der Waals surface area contributed by atoms with Crippen LogP contribution in [0, 0.1) is 11.7 Å². The lowest BCUT2D eigenvalue weighted by Gasteiger charge is -2.20. The Hall–Kier alpha value is -2.26. The third-order valence-corrected chi connectivity index (χ3v) is 4.90. The molecule has 0 amide bonds. The Morgan fingerprint density at radius 1 is 1.22 bits per heavy atom. The van der Waals surface area contributed by atoms with Crippen LogP contribution in [0.25, 0.3) is 12.2 Å². The van der Waals surface area contributed by atoms with Crippen LogP contribution in [0.2, 0.25) is 5.15 Å². The molecule has 1 aliphatic rings. The molecule has 4 atom stereocenters. The van der Waals surface area contributed by atoms with E-state index in [1.807, 2.05) is 0 Å². The number of halogens is 2. The summed E-state index contributed by atoms with van der Waals surface area (Å²) in [4.78, 5) is 8.02. The van der Waals surface area contributed by atoms with E-state index in [0.29, 0.717) is 17.5 Å². The Labute approximate surface area is 160 Å². The predicted molar refractivity (Wildman–Crippen MR) is 101 cm³/mol. The van der Waals surface area contributed by atoms with Gasteiger partial charge in [-0.2, -0.15) is 4.98 Å². The van der Waals surface area contributed by atoms with Crippen molar-refractivity contribution in [2.24, 2.45) is 5.92 Å². The number of aliphatic hydroxyl groups excluding tert-OH is 3. The molecule has 1 fully saturated rings. The molecule has 2 aromatic rings. The minimum absolute atomic E-state index is 0.0596. The highest BCUT2D eigenvalue weighted by Gasteiger charge is 2.41. The number of hydrogen-bond donors (Lipinski definition) is 5. The highest BCUT2D eigenvalue weighted by Crippen LogP contribution is 2.31. The van der Waals surface area contributed by atoms with Gasteiger partial charge in [0.1, 0.15) is 22.9 Å². The molecule has 9 heteroatoms. The van der Waals surface area contributed by atoms with Crippen LogP contribution in [-0.2, 0) is 0 Å². The molecule has 27 heavy (non-hydrogen) atoms. The van der Waals surface area contributed by atoms with E-state index in [1.54, 1.807) is 24.3 Å². The molecule has 0 bridgehead atoms. The van der Waals surface area contributed by atoms with Gasteiger partial charge in [0.2, 0.25) is 5.95 Å². The van der Waals surface area contributed by atoms with Gasteiger partial charge in [-0.15, -0.1) is 0 Å². The van der Waals surface area contributed by atoms with Crippen molar-refractivity contribution in [3.05, 3.63) is 46.4 Å². The number of benzene rings is 1. The molecule has 0 unspecified atom stereocenters. The second-order valence-corrected chi connectivity index (χ2v) is 6.76. The van der Waals surface area contributed by atoms with E-state index >= 15 is 0 Å². The third kappa shape index (κ3) is 4.19. The van der Waals surface area contributed by atoms with Crippen molar-refractivity contribution >= 4 is 35.5 Å². The molecular formula is C18H20ClFN4O3. The number of nitrogens with two attached hydrogens (primary N) is 1. The smallest absolute Gasteiger partial charge is 0.223 e. The van der Waals surface area contributed by atoms with Crippen molar-refractivity contribution in [1.82, 2.24) is 9.97 Å². The lowest BCUT2D eigenvalue weighted by Crippen LogP contribution is -2.35. The van der Waals surface area contributed by atoms with Crippen molar-refractivity contribution in [1.29, 1.82) is 0 Å². The monoisotopic (exact) mass is 394 g/mol. The summed E-state index contributed by atoms with van der Waals surface area (Å²) in [5, 5.41) is 32.5. The third-order valence-electron chi connectivity index (χ3n) is 4.61. The van der Waals surface area contributed by atoms with E-state index in [9.17, 15) is 19.7 Å². The van der Waals surface area contributed by atoms with Crippen molar-refractivity contribution in [3.8, 4) is 0 Å². The number of aliphatic hydroxyl groups is 3. The van der Waals surface area contributed by atoms with Gasteiger partial charge in [-0.25, -0.2) is 9.37 Å². The minimum atomic E-state index is -1.10. The Bertz CT molecular complexity index is 851. The highest BCUT2D eigenvalue weighted by molar-refractivity contribution is 6.31. The van der Waals surface area contributed by atoms with Gasteiger partial charge in [-0.3, -0.25) is 0 Å². The number of hydrogen-bond acceptors (Lipinski definition) is 7. The van der Waals surface area contributed by atoms with Crippen LogP contribution in [0.1, 0.15) is 17.5 Å². The van der Waals surface area contributed by atoms with Gasteiger partial charge < -0.3 is 26.4 Å². The van der Waals surface area contributed by atoms with Crippen LogP contribution in [0.5, 0.6) is 0 Å². The second kappa shape index (κ2) is 8.18. The van der Waals surface area contributed by atoms with Crippen LogP contribution >= 0.6 is 11.6 Å². The summed E-state index contributed by atoms with van der Waals surface area (Å²) in [6.45, 7) is -0.247. The standard InChI is InChI=1S/C18H20ClFN4O3/c19-16-11(6-5-9-3-1-2-4-12(9)20)17(24-18(21)23-16)22-13-7-10(8-25)14(26)15(13)27/h1-6,10,13-15,25-27H,7-8H2,(H3,21,22,23,24)/t10-,13-,14-,15+/m1/s1. The Kier molecular flexibility index (Phi) is 5.91. The van der Waals surface area contributed by atoms with E-state index in [-0.39, 0.29) is 23.5 Å². The second-order valence-electron chi connectivity index (χ2n) is 6.40. The highest BCUT2D eigenvalue weighted by atomic mass is 35.5. The molecule has 1 aromatic heterocycles. The number of rotatable bonds is 5. The summed E-state index contributed by atoms with van der Waals surface area (Å²) in [5.74, 6) is -0.673. The van der Waals surface area contributed by atoms with Gasteiger partial charge in [-0.05, 0) is 18.6 Å². The summed E-state index contributed by atoms with van der Waals surface area (Å²) in [6.07, 6.45) is 1.25. The molecule has 1 aliphatic carbocycles. The van der Waals surface area contributed by atoms with Crippen molar-refractivity contribution in [2.45, 2.75) is 24.7 Å². The summed E-state index contributed by atoms with van der Waals surface area (Å²) in [6, 6.07) is 5.67. The zero-order valence-electron chi connectivity index (χ0n) is 14.3. The van der Waals surface area contributed by atoms with E-state index in [2.05, 4.69) is 15.3 Å². The number of anilines is 2. The van der Waals surface area contributed by atoms with Gasteiger partial charge in [0.25, 0.3) is 0 Å². The van der Waals surface area contributed by atoms with Gasteiger partial charge in [0.05, 0.1) is 17.7 Å². The first kappa shape index (κ1) is 19.5. The topological polar surface area (TPSA) is 125 Å². The molecule has 1 aromatic carbocycles. The van der Waals surface area contributed by atoms with Crippen molar-refractivity contribution in [3.63, 3.8) is 0 Å². The van der Waals surface area contributed by atoms with Crippen molar-refractivity contribution in [2.75, 3.05) is 17.7 Å². The maximum atomic E-state index is 13.8. The average Bonchev–Trinajstić information content (AvgIpc) is 2.90. The largest absolute Gasteiger partial charge is 0.396 e. The van der Waals surface area contributed by atoms with E-state index in [1.165, 1.54) is 12.1 Å². The Morgan fingerprint density at radius 2 is 1.96 bits per heavy atom. The maximum Gasteiger partial charge on any atom is 0.223 e. The normalized spacial score (nSPS) is 25.2. The fourth-order valence-corrected chi connectivity index (χ4v) is 3.36. The maximum absolute atomic E-state index is 13.8. The number of aromatic nitrogens is 2. The van der Waals surface area contributed by atoms with E-state index < -0.39 is 30.0 Å². The van der Waals surface area contributed by atoms with Crippen LogP contribution < -0.4 is 11.1 Å². The summed E-state index contributed by atoms with van der Waals surface area (Å²) in [7, 11) is 0. The molecule has 0 aliphatic heterocycles. The molecule has 0 saturated heterocycles. The molecule has 0 radical (unpaired) electrons. The number of nitrogen functional groups attached to an aromatic ring is 1. The molecule has 7 nitrogen and oxygen atoms in total. The summed E-state index contributed by atoms with van der Waals surface area (Å²) < 4.78 is 13.8. The van der Waals surface area contributed by atoms with Gasteiger partial charge in [-0.1, -0.05) is 35.9 Å². The first-order valence-corrected chi connectivity index (χ1v) is 8.77. The van der Waals surface area contributed by atoms with E-state index in [0.717, 1.165) is 0 Å². The van der Waals surface area contributed by atoms with E-state index in [4.69, 9.17) is 17.3 Å². The zero-order valence-corrected chi connectivity index (χ0v) is 15.0. The lowest BCUT2D eigenvalue weighted by molar-refractivity contribution is 0.00445.